The molecule has 3 heteroatoms. The summed E-state index contributed by atoms with van der Waals surface area (Å²) in [5.41, 5.74) is 0. The van der Waals surface area contributed by atoms with Crippen LogP contribution in [0.4, 0.5) is 0 Å². The molecule has 9 rings (SSSR count). The number of thiophene rings is 3. The number of benzene rings is 6. The topological polar surface area (TPSA) is 0 Å². The molecular weight excluding hydrogens is 529 g/mol. The quantitative estimate of drug-likeness (QED) is 0.175. The second-order valence-corrected chi connectivity index (χ2v) is 12.5. The van der Waals surface area contributed by atoms with Gasteiger partial charge in [-0.25, -0.2) is 0 Å². The first kappa shape index (κ1) is 24.1. The van der Waals surface area contributed by atoms with Crippen molar-refractivity contribution in [1.29, 1.82) is 0 Å². The van der Waals surface area contributed by atoms with E-state index in [0.717, 1.165) is 0 Å². The average molecular weight is 553 g/mol. The molecule has 0 bridgehead atoms. The van der Waals surface area contributed by atoms with Crippen molar-refractivity contribution in [1.82, 2.24) is 0 Å². The second kappa shape index (κ2) is 10.6. The highest BCUT2D eigenvalue weighted by atomic mass is 32.1. The van der Waals surface area contributed by atoms with Crippen molar-refractivity contribution in [3.05, 3.63) is 146 Å². The molecule has 6 aromatic carbocycles. The van der Waals surface area contributed by atoms with Gasteiger partial charge in [0.15, 0.2) is 0 Å². The van der Waals surface area contributed by atoms with E-state index >= 15 is 0 Å². The largest absolute Gasteiger partial charge is 0.135 e. The number of fused-ring (bicyclic) bond motifs is 9. The van der Waals surface area contributed by atoms with Crippen molar-refractivity contribution in [2.24, 2.45) is 0 Å². The van der Waals surface area contributed by atoms with Crippen molar-refractivity contribution in [3.63, 3.8) is 0 Å². The van der Waals surface area contributed by atoms with Gasteiger partial charge >= 0.3 is 0 Å². The summed E-state index contributed by atoms with van der Waals surface area (Å²) >= 11 is 5.58. The summed E-state index contributed by atoms with van der Waals surface area (Å²) in [5, 5.41) is 8.27. The number of hydrogen-bond donors (Lipinski definition) is 0. The van der Waals surface area contributed by atoms with Crippen LogP contribution in [0.1, 0.15) is 0 Å². The summed E-state index contributed by atoms with van der Waals surface area (Å²) in [6, 6.07) is 51.4. The highest BCUT2D eigenvalue weighted by Gasteiger charge is 2.03. The Morgan fingerprint density at radius 3 is 0.538 bits per heavy atom. The molecule has 0 unspecified atom stereocenters. The normalized spacial score (nSPS) is 11.1. The zero-order chi connectivity index (χ0) is 26.0. The number of hydrogen-bond acceptors (Lipinski definition) is 3. The summed E-state index contributed by atoms with van der Waals surface area (Å²) in [7, 11) is 0. The standard InChI is InChI=1S/3C12H8S/c3*1-3-7-11-9(5-1)10-6-2-4-8-12(10)13-11/h3*1-8H. The van der Waals surface area contributed by atoms with Crippen LogP contribution in [-0.2, 0) is 0 Å². The fraction of sp³-hybridized carbons (Fsp3) is 0. The van der Waals surface area contributed by atoms with Gasteiger partial charge in [0.2, 0.25) is 0 Å². The van der Waals surface area contributed by atoms with E-state index in [9.17, 15) is 0 Å². The van der Waals surface area contributed by atoms with E-state index in [2.05, 4.69) is 146 Å². The molecule has 39 heavy (non-hydrogen) atoms. The van der Waals surface area contributed by atoms with Crippen LogP contribution in [0.2, 0.25) is 0 Å². The van der Waals surface area contributed by atoms with Crippen LogP contribution in [0, 0.1) is 0 Å². The molecule has 0 amide bonds. The van der Waals surface area contributed by atoms with Crippen LogP contribution < -0.4 is 0 Å². The van der Waals surface area contributed by atoms with Gasteiger partial charge < -0.3 is 0 Å². The number of rotatable bonds is 0. The Morgan fingerprint density at radius 1 is 0.205 bits per heavy atom. The van der Waals surface area contributed by atoms with Crippen molar-refractivity contribution in [2.75, 3.05) is 0 Å². The summed E-state index contributed by atoms with van der Waals surface area (Å²) in [5.74, 6) is 0. The molecule has 0 fully saturated rings. The molecule has 0 aliphatic rings. The van der Waals surface area contributed by atoms with E-state index in [4.69, 9.17) is 0 Å². The summed E-state index contributed by atoms with van der Waals surface area (Å²) in [6.45, 7) is 0. The zero-order valence-corrected chi connectivity index (χ0v) is 23.5. The van der Waals surface area contributed by atoms with Crippen LogP contribution in [0.3, 0.4) is 0 Å². The summed E-state index contributed by atoms with van der Waals surface area (Å²) in [6.07, 6.45) is 0. The van der Waals surface area contributed by atoms with Crippen molar-refractivity contribution in [3.8, 4) is 0 Å². The van der Waals surface area contributed by atoms with Crippen LogP contribution >= 0.6 is 34.0 Å². The molecule has 9 aromatic rings. The maximum atomic E-state index is 2.19. The molecule has 0 aliphatic carbocycles. The van der Waals surface area contributed by atoms with Gasteiger partial charge in [0.1, 0.15) is 0 Å². The maximum absolute atomic E-state index is 2.19. The van der Waals surface area contributed by atoms with Gasteiger partial charge in [0.05, 0.1) is 0 Å². The summed E-state index contributed by atoms with van der Waals surface area (Å²) in [4.78, 5) is 0. The van der Waals surface area contributed by atoms with Crippen molar-refractivity contribution in [2.45, 2.75) is 0 Å². The smallest absolute Gasteiger partial charge is 0.0355 e. The maximum Gasteiger partial charge on any atom is 0.0355 e. The molecule has 0 nitrogen and oxygen atoms in total. The molecule has 3 aromatic heterocycles. The van der Waals surface area contributed by atoms with Crippen LogP contribution in [0.5, 0.6) is 0 Å². The molecule has 0 spiro atoms. The van der Waals surface area contributed by atoms with E-state index in [-0.39, 0.29) is 0 Å². The minimum atomic E-state index is 1.38. The lowest BCUT2D eigenvalue weighted by Crippen LogP contribution is -1.62. The summed E-state index contributed by atoms with van der Waals surface area (Å²) < 4.78 is 8.27. The van der Waals surface area contributed by atoms with E-state index < -0.39 is 0 Å². The molecule has 186 valence electrons. The predicted octanol–water partition coefficient (Wildman–Crippen LogP) is 12.2. The SMILES string of the molecule is c1ccc2c(c1)sc1ccccc12.c1ccc2c(c1)sc1ccccc12.c1ccc2c(c1)sc1ccccc12. The zero-order valence-electron chi connectivity index (χ0n) is 21.1. The van der Waals surface area contributed by atoms with Crippen LogP contribution in [0.15, 0.2) is 146 Å². The Bertz CT molecular complexity index is 1790. The van der Waals surface area contributed by atoms with E-state index in [1.54, 1.807) is 0 Å². The Morgan fingerprint density at radius 2 is 0.359 bits per heavy atom. The monoisotopic (exact) mass is 552 g/mol. The molecule has 0 saturated carbocycles. The predicted molar refractivity (Wildman–Crippen MR) is 178 cm³/mol. The first-order chi connectivity index (χ1) is 19.3. The molecular formula is C36H24S3. The van der Waals surface area contributed by atoms with E-state index in [0.29, 0.717) is 0 Å². The minimum absolute atomic E-state index is 1.38. The van der Waals surface area contributed by atoms with E-state index in [1.807, 2.05) is 34.0 Å². The van der Waals surface area contributed by atoms with Gasteiger partial charge in [-0.2, -0.15) is 0 Å². The molecule has 0 saturated heterocycles. The van der Waals surface area contributed by atoms with Crippen molar-refractivity contribution < 1.29 is 0 Å². The Balaban J connectivity index is 0.0000000974. The van der Waals surface area contributed by atoms with Gasteiger partial charge in [-0.1, -0.05) is 109 Å². The third-order valence-corrected chi connectivity index (χ3v) is 10.3. The minimum Gasteiger partial charge on any atom is -0.135 e. The van der Waals surface area contributed by atoms with Gasteiger partial charge in [0.25, 0.3) is 0 Å². The van der Waals surface area contributed by atoms with E-state index in [1.165, 1.54) is 60.5 Å². The van der Waals surface area contributed by atoms with Gasteiger partial charge in [-0.3, -0.25) is 0 Å². The Kier molecular flexibility index (Phi) is 6.55. The fourth-order valence-electron chi connectivity index (χ4n) is 5.02. The molecule has 3 heterocycles. The highest BCUT2D eigenvalue weighted by molar-refractivity contribution is 7.26. The molecule has 0 N–H and O–H groups in total. The second-order valence-electron chi connectivity index (χ2n) is 9.28. The van der Waals surface area contributed by atoms with Gasteiger partial charge in [-0.15, -0.1) is 34.0 Å². The molecule has 0 aliphatic heterocycles. The Labute approximate surface area is 239 Å². The molecule has 0 atom stereocenters. The third-order valence-electron chi connectivity index (χ3n) is 6.85. The Hall–Kier alpha value is -4.02. The first-order valence-corrected chi connectivity index (χ1v) is 15.4. The third kappa shape index (κ3) is 4.70. The lowest BCUT2D eigenvalue weighted by Gasteiger charge is -1.88. The van der Waals surface area contributed by atoms with Gasteiger partial charge in [0, 0.05) is 60.5 Å². The highest BCUT2D eigenvalue weighted by Crippen LogP contribution is 2.34. The van der Waals surface area contributed by atoms with Crippen LogP contribution in [-0.4, -0.2) is 0 Å². The molecule has 0 radical (unpaired) electrons. The lowest BCUT2D eigenvalue weighted by molar-refractivity contribution is 1.84. The lowest BCUT2D eigenvalue weighted by atomic mass is 10.2. The average Bonchev–Trinajstić information content (AvgIpc) is 3.69. The fourth-order valence-corrected chi connectivity index (χ4v) is 8.34. The first-order valence-electron chi connectivity index (χ1n) is 12.9. The van der Waals surface area contributed by atoms with Crippen LogP contribution in [0.25, 0.3) is 60.5 Å². The van der Waals surface area contributed by atoms with Gasteiger partial charge in [-0.05, 0) is 36.4 Å². The van der Waals surface area contributed by atoms with Crippen molar-refractivity contribution >= 4 is 94.5 Å².